The van der Waals surface area contributed by atoms with Gasteiger partial charge in [-0.3, -0.25) is 9.59 Å². The molecule has 0 spiro atoms. The van der Waals surface area contributed by atoms with E-state index in [-0.39, 0.29) is 23.7 Å². The fourth-order valence-corrected chi connectivity index (χ4v) is 4.83. The van der Waals surface area contributed by atoms with E-state index in [9.17, 15) is 19.2 Å². The number of carbonyl (C=O) groups excluding carboxylic acids is 2. The average molecular weight is 529 g/mol. The van der Waals surface area contributed by atoms with Gasteiger partial charge in [-0.05, 0) is 68.1 Å². The van der Waals surface area contributed by atoms with Crippen molar-refractivity contribution in [3.63, 3.8) is 0 Å². The number of rotatable bonds is 11. The molecule has 1 aliphatic rings. The van der Waals surface area contributed by atoms with Gasteiger partial charge in [0.25, 0.3) is 5.91 Å². The largest absolute Gasteiger partial charge is 0.369 e. The number of halogens is 1. The summed E-state index contributed by atoms with van der Waals surface area (Å²) < 4.78 is 13.6. The van der Waals surface area contributed by atoms with E-state index in [1.807, 2.05) is 23.1 Å². The van der Waals surface area contributed by atoms with Crippen LogP contribution in [0.25, 0.3) is 11.3 Å². The third kappa shape index (κ3) is 7.18. The van der Waals surface area contributed by atoms with Crippen molar-refractivity contribution >= 4 is 17.6 Å². The Balaban J connectivity index is 1.51. The van der Waals surface area contributed by atoms with Crippen LogP contribution in [0.2, 0.25) is 0 Å². The SMILES string of the molecule is N#Cc1ccccc1-c1ccc(C(=O)NC[C@H]2CCCN2C(=O)CCCN)c(NCCc2cccc(F)c2)n1. The van der Waals surface area contributed by atoms with Crippen molar-refractivity contribution in [1.82, 2.24) is 15.2 Å². The van der Waals surface area contributed by atoms with Crippen LogP contribution in [-0.2, 0) is 11.2 Å². The lowest BCUT2D eigenvalue weighted by Crippen LogP contribution is -2.43. The molecule has 2 amide bonds. The van der Waals surface area contributed by atoms with Gasteiger partial charge in [-0.1, -0.05) is 30.3 Å². The standard InChI is InChI=1S/C30H33FN6O2/c31-23-8-3-6-21(18-23)14-16-34-29-26(12-13-27(36-29)25-10-2-1-7-22(25)19-33)30(39)35-20-24-9-5-17-37(24)28(38)11-4-15-32/h1-3,6-8,10,12-13,18,24H,4-5,9,11,14-17,20,32H2,(H,34,36)(H,35,39)/t24-/m1/s1. The van der Waals surface area contributed by atoms with Crippen LogP contribution in [0, 0.1) is 17.1 Å². The number of nitrogens with two attached hydrogens (primary N) is 1. The number of pyridine rings is 1. The highest BCUT2D eigenvalue weighted by atomic mass is 19.1. The molecule has 2 aromatic carbocycles. The first kappa shape index (κ1) is 27.7. The topological polar surface area (TPSA) is 124 Å². The number of nitrogens with zero attached hydrogens (tertiary/aromatic N) is 3. The van der Waals surface area contributed by atoms with Gasteiger partial charge >= 0.3 is 0 Å². The molecular formula is C30H33FN6O2. The predicted molar refractivity (Wildman–Crippen MR) is 148 cm³/mol. The minimum Gasteiger partial charge on any atom is -0.369 e. The summed E-state index contributed by atoms with van der Waals surface area (Å²) in [6.07, 6.45) is 3.31. The summed E-state index contributed by atoms with van der Waals surface area (Å²) in [6, 6.07) is 19.1. The average Bonchev–Trinajstić information content (AvgIpc) is 3.43. The van der Waals surface area contributed by atoms with Crippen LogP contribution >= 0.6 is 0 Å². The number of likely N-dealkylation sites (tertiary alicyclic amines) is 1. The number of hydrogen-bond acceptors (Lipinski definition) is 6. The fraction of sp³-hybridized carbons (Fsp3) is 0.333. The molecule has 0 radical (unpaired) electrons. The number of amides is 2. The molecule has 0 saturated carbocycles. The maximum Gasteiger partial charge on any atom is 0.255 e. The number of hydrogen-bond donors (Lipinski definition) is 3. The summed E-state index contributed by atoms with van der Waals surface area (Å²) in [7, 11) is 0. The van der Waals surface area contributed by atoms with Crippen molar-refractivity contribution in [2.24, 2.45) is 5.73 Å². The number of benzene rings is 2. The van der Waals surface area contributed by atoms with Gasteiger partial charge in [0.15, 0.2) is 0 Å². The highest BCUT2D eigenvalue weighted by Gasteiger charge is 2.29. The molecule has 0 aliphatic carbocycles. The summed E-state index contributed by atoms with van der Waals surface area (Å²) in [5.41, 5.74) is 8.43. The van der Waals surface area contributed by atoms with Crippen molar-refractivity contribution in [2.75, 3.05) is 31.5 Å². The Hall–Kier alpha value is -4.29. The van der Waals surface area contributed by atoms with E-state index in [1.165, 1.54) is 12.1 Å². The van der Waals surface area contributed by atoms with Crippen molar-refractivity contribution < 1.29 is 14.0 Å². The maximum absolute atomic E-state index is 13.6. The molecule has 4 rings (SSSR count). The van der Waals surface area contributed by atoms with Gasteiger partial charge in [0.2, 0.25) is 5.91 Å². The first-order valence-electron chi connectivity index (χ1n) is 13.3. The Morgan fingerprint density at radius 3 is 2.79 bits per heavy atom. The number of carbonyl (C=O) groups is 2. The lowest BCUT2D eigenvalue weighted by atomic mass is 10.0. The van der Waals surface area contributed by atoms with Crippen LogP contribution in [0.1, 0.15) is 47.2 Å². The summed E-state index contributed by atoms with van der Waals surface area (Å²) in [4.78, 5) is 32.4. The maximum atomic E-state index is 13.6. The molecule has 8 nitrogen and oxygen atoms in total. The molecule has 202 valence electrons. The monoisotopic (exact) mass is 528 g/mol. The first-order chi connectivity index (χ1) is 19.0. The molecule has 2 heterocycles. The van der Waals surface area contributed by atoms with Crippen molar-refractivity contribution in [3.8, 4) is 17.3 Å². The van der Waals surface area contributed by atoms with Crippen LogP contribution in [0.4, 0.5) is 10.2 Å². The van der Waals surface area contributed by atoms with Crippen LogP contribution in [0.3, 0.4) is 0 Å². The van der Waals surface area contributed by atoms with Crippen LogP contribution in [0.5, 0.6) is 0 Å². The Morgan fingerprint density at radius 1 is 1.15 bits per heavy atom. The van der Waals surface area contributed by atoms with E-state index >= 15 is 0 Å². The third-order valence-corrected chi connectivity index (χ3v) is 6.85. The summed E-state index contributed by atoms with van der Waals surface area (Å²) in [5, 5.41) is 15.8. The van der Waals surface area contributed by atoms with Gasteiger partial charge in [-0.25, -0.2) is 9.37 Å². The van der Waals surface area contributed by atoms with Crippen LogP contribution < -0.4 is 16.4 Å². The fourth-order valence-electron chi connectivity index (χ4n) is 4.83. The minimum atomic E-state index is -0.308. The normalized spacial score (nSPS) is 14.6. The summed E-state index contributed by atoms with van der Waals surface area (Å²) >= 11 is 0. The predicted octanol–water partition coefficient (Wildman–Crippen LogP) is 3.87. The molecule has 4 N–H and O–H groups in total. The molecule has 0 unspecified atom stereocenters. The lowest BCUT2D eigenvalue weighted by Gasteiger charge is -2.25. The van der Waals surface area contributed by atoms with E-state index in [4.69, 9.17) is 10.7 Å². The molecule has 3 aromatic rings. The van der Waals surface area contributed by atoms with Gasteiger partial charge in [0.05, 0.1) is 22.9 Å². The van der Waals surface area contributed by atoms with E-state index in [0.29, 0.717) is 73.6 Å². The third-order valence-electron chi connectivity index (χ3n) is 6.85. The summed E-state index contributed by atoms with van der Waals surface area (Å²) in [5.74, 6) is -0.170. The van der Waals surface area contributed by atoms with Crippen LogP contribution in [0.15, 0.2) is 60.7 Å². The second-order valence-corrected chi connectivity index (χ2v) is 9.54. The Kier molecular flexibility index (Phi) is 9.59. The lowest BCUT2D eigenvalue weighted by molar-refractivity contribution is -0.132. The Bertz CT molecular complexity index is 1360. The molecule has 39 heavy (non-hydrogen) atoms. The molecular weight excluding hydrogens is 495 g/mol. The van der Waals surface area contributed by atoms with Gasteiger partial charge in [-0.15, -0.1) is 0 Å². The molecule has 1 fully saturated rings. The molecule has 1 saturated heterocycles. The van der Waals surface area contributed by atoms with Gasteiger partial charge in [0.1, 0.15) is 11.6 Å². The van der Waals surface area contributed by atoms with E-state index in [0.717, 1.165) is 18.4 Å². The second-order valence-electron chi connectivity index (χ2n) is 9.54. The second kappa shape index (κ2) is 13.5. The summed E-state index contributed by atoms with van der Waals surface area (Å²) in [6.45, 7) is 1.92. The number of nitriles is 1. The molecule has 0 bridgehead atoms. The van der Waals surface area contributed by atoms with Gasteiger partial charge < -0.3 is 21.3 Å². The Morgan fingerprint density at radius 2 is 2.00 bits per heavy atom. The van der Waals surface area contributed by atoms with E-state index < -0.39 is 0 Å². The van der Waals surface area contributed by atoms with Gasteiger partial charge in [0, 0.05) is 37.7 Å². The van der Waals surface area contributed by atoms with Crippen molar-refractivity contribution in [2.45, 2.75) is 38.1 Å². The molecule has 1 aliphatic heterocycles. The first-order valence-corrected chi connectivity index (χ1v) is 13.3. The number of nitrogens with one attached hydrogen (secondary N) is 2. The smallest absolute Gasteiger partial charge is 0.255 e. The molecule has 1 atom stereocenters. The zero-order chi connectivity index (χ0) is 27.6. The van der Waals surface area contributed by atoms with Crippen molar-refractivity contribution in [3.05, 3.63) is 83.2 Å². The van der Waals surface area contributed by atoms with E-state index in [1.54, 1.807) is 30.3 Å². The highest BCUT2D eigenvalue weighted by molar-refractivity contribution is 5.99. The zero-order valence-corrected chi connectivity index (χ0v) is 21.8. The zero-order valence-electron chi connectivity index (χ0n) is 21.8. The molecule has 1 aromatic heterocycles. The van der Waals surface area contributed by atoms with Crippen LogP contribution in [-0.4, -0.2) is 53.9 Å². The quantitative estimate of drug-likeness (QED) is 0.347. The molecule has 9 heteroatoms. The number of aromatic nitrogens is 1. The number of anilines is 1. The Labute approximate surface area is 228 Å². The minimum absolute atomic E-state index is 0.0571. The highest BCUT2D eigenvalue weighted by Crippen LogP contribution is 2.25. The van der Waals surface area contributed by atoms with Gasteiger partial charge in [-0.2, -0.15) is 5.26 Å². The van der Waals surface area contributed by atoms with Crippen molar-refractivity contribution in [1.29, 1.82) is 5.26 Å². The van der Waals surface area contributed by atoms with E-state index in [2.05, 4.69) is 16.7 Å².